The van der Waals surface area contributed by atoms with Gasteiger partial charge in [0.05, 0.1) is 0 Å². The minimum Gasteiger partial charge on any atom is -0.103 e. The van der Waals surface area contributed by atoms with Crippen molar-refractivity contribution in [3.05, 3.63) is 24.8 Å². The van der Waals surface area contributed by atoms with E-state index in [0.717, 1.165) is 11.8 Å². The minimum atomic E-state index is 0.555. The Balaban J connectivity index is 2.06. The van der Waals surface area contributed by atoms with E-state index in [2.05, 4.69) is 39.5 Å². The number of unbranched alkanes of at least 4 members (excludes halogenated alkanes) is 4. The van der Waals surface area contributed by atoms with Gasteiger partial charge in [-0.2, -0.15) is 0 Å². The Morgan fingerprint density at radius 3 is 2.53 bits per heavy atom. The molecular weight excluding hydrogens is 204 g/mol. The van der Waals surface area contributed by atoms with Crippen LogP contribution < -0.4 is 0 Å². The lowest BCUT2D eigenvalue weighted by molar-refractivity contribution is 0.288. The zero-order valence-electron chi connectivity index (χ0n) is 12.0. The van der Waals surface area contributed by atoms with E-state index in [1.165, 1.54) is 44.9 Å². The molecule has 0 saturated heterocycles. The van der Waals surface area contributed by atoms with E-state index in [9.17, 15) is 0 Å². The van der Waals surface area contributed by atoms with Gasteiger partial charge >= 0.3 is 0 Å². The molecule has 1 saturated carbocycles. The highest BCUT2D eigenvalue weighted by Crippen LogP contribution is 2.53. The second-order valence-electron chi connectivity index (χ2n) is 6.20. The molecule has 0 aromatic rings. The monoisotopic (exact) mass is 234 g/mol. The van der Waals surface area contributed by atoms with Crippen molar-refractivity contribution in [2.75, 3.05) is 0 Å². The third kappa shape index (κ3) is 5.10. The molecule has 1 rings (SSSR count). The first kappa shape index (κ1) is 14.5. The Labute approximate surface area is 108 Å². The third-order valence-corrected chi connectivity index (χ3v) is 4.42. The van der Waals surface area contributed by atoms with Crippen LogP contribution in [-0.4, -0.2) is 0 Å². The first-order valence-corrected chi connectivity index (χ1v) is 7.39. The molecule has 98 valence electrons. The van der Waals surface area contributed by atoms with E-state index in [-0.39, 0.29) is 0 Å². The van der Waals surface area contributed by atoms with Gasteiger partial charge in [-0.15, -0.1) is 6.58 Å². The van der Waals surface area contributed by atoms with Crippen molar-refractivity contribution in [1.29, 1.82) is 0 Å². The summed E-state index contributed by atoms with van der Waals surface area (Å²) in [5.74, 6) is 1.84. The summed E-state index contributed by atoms with van der Waals surface area (Å²) in [6, 6.07) is 0. The Morgan fingerprint density at radius 2 is 1.88 bits per heavy atom. The highest BCUT2D eigenvalue weighted by atomic mass is 14.5. The molecule has 0 radical (unpaired) electrons. The average molecular weight is 234 g/mol. The summed E-state index contributed by atoms with van der Waals surface area (Å²) < 4.78 is 0. The van der Waals surface area contributed by atoms with E-state index in [0.29, 0.717) is 5.41 Å². The fourth-order valence-electron chi connectivity index (χ4n) is 2.59. The second-order valence-corrected chi connectivity index (χ2v) is 6.20. The van der Waals surface area contributed by atoms with Crippen molar-refractivity contribution in [1.82, 2.24) is 0 Å². The van der Waals surface area contributed by atoms with E-state index in [4.69, 9.17) is 0 Å². The van der Waals surface area contributed by atoms with Gasteiger partial charge in [-0.05, 0) is 49.4 Å². The van der Waals surface area contributed by atoms with Gasteiger partial charge in [-0.25, -0.2) is 0 Å². The summed E-state index contributed by atoms with van der Waals surface area (Å²) in [7, 11) is 0. The molecule has 0 amide bonds. The number of allylic oxidation sites excluding steroid dienone is 3. The van der Waals surface area contributed by atoms with Crippen LogP contribution in [0.2, 0.25) is 0 Å². The zero-order chi connectivity index (χ0) is 12.7. The van der Waals surface area contributed by atoms with Crippen molar-refractivity contribution in [3.63, 3.8) is 0 Å². The molecule has 0 aromatic carbocycles. The smallest absolute Gasteiger partial charge is 0.0197 e. The molecule has 1 aliphatic rings. The summed E-state index contributed by atoms with van der Waals surface area (Å²) in [6.45, 7) is 10.9. The van der Waals surface area contributed by atoms with Gasteiger partial charge in [0.15, 0.2) is 0 Å². The zero-order valence-corrected chi connectivity index (χ0v) is 12.0. The third-order valence-electron chi connectivity index (χ3n) is 4.42. The molecule has 2 unspecified atom stereocenters. The molecule has 1 fully saturated rings. The van der Waals surface area contributed by atoms with Crippen molar-refractivity contribution >= 4 is 0 Å². The largest absolute Gasteiger partial charge is 0.103 e. The molecule has 0 spiro atoms. The summed E-state index contributed by atoms with van der Waals surface area (Å²) >= 11 is 0. The summed E-state index contributed by atoms with van der Waals surface area (Å²) in [5, 5.41) is 0. The van der Waals surface area contributed by atoms with Gasteiger partial charge in [0.25, 0.3) is 0 Å². The van der Waals surface area contributed by atoms with Crippen molar-refractivity contribution < 1.29 is 0 Å². The van der Waals surface area contributed by atoms with Gasteiger partial charge < -0.3 is 0 Å². The van der Waals surface area contributed by atoms with Crippen LogP contribution in [0.1, 0.15) is 65.7 Å². The Kier molecular flexibility index (Phi) is 6.02. The lowest BCUT2D eigenvalue weighted by atomic mass is 9.83. The molecule has 2 atom stereocenters. The van der Waals surface area contributed by atoms with Crippen molar-refractivity contribution in [2.45, 2.75) is 65.7 Å². The number of hydrogen-bond donors (Lipinski definition) is 0. The van der Waals surface area contributed by atoms with Gasteiger partial charge in [0.1, 0.15) is 0 Å². The van der Waals surface area contributed by atoms with Crippen molar-refractivity contribution in [3.8, 4) is 0 Å². The average Bonchev–Trinajstić information content (AvgIpc) is 3.08. The minimum absolute atomic E-state index is 0.555. The normalized spacial score (nSPS) is 24.2. The molecule has 0 heteroatoms. The number of rotatable bonds is 9. The Bertz CT molecular complexity index is 247. The highest BCUT2D eigenvalue weighted by Gasteiger charge is 2.44. The molecule has 0 heterocycles. The Morgan fingerprint density at radius 1 is 1.18 bits per heavy atom. The first-order valence-electron chi connectivity index (χ1n) is 7.39. The van der Waals surface area contributed by atoms with Crippen LogP contribution in [0.25, 0.3) is 0 Å². The highest BCUT2D eigenvalue weighted by molar-refractivity contribution is 5.06. The Hall–Kier alpha value is -0.520. The topological polar surface area (TPSA) is 0 Å². The fraction of sp³-hybridized carbons (Fsp3) is 0.765. The van der Waals surface area contributed by atoms with Gasteiger partial charge in [0, 0.05) is 0 Å². The predicted molar refractivity (Wildman–Crippen MR) is 78.1 cm³/mol. The molecule has 0 aliphatic heterocycles. The van der Waals surface area contributed by atoms with Gasteiger partial charge in [-0.1, -0.05) is 51.8 Å². The molecule has 1 aliphatic carbocycles. The number of hydrogen-bond acceptors (Lipinski definition) is 0. The van der Waals surface area contributed by atoms with E-state index >= 15 is 0 Å². The van der Waals surface area contributed by atoms with Crippen molar-refractivity contribution in [2.24, 2.45) is 17.3 Å². The second kappa shape index (κ2) is 7.03. The fourth-order valence-corrected chi connectivity index (χ4v) is 2.59. The van der Waals surface area contributed by atoms with Crippen LogP contribution in [0.15, 0.2) is 24.8 Å². The summed E-state index contributed by atoms with van der Waals surface area (Å²) in [6.07, 6.45) is 16.1. The van der Waals surface area contributed by atoms with Crippen LogP contribution in [0.3, 0.4) is 0 Å². The maximum atomic E-state index is 3.75. The quantitative estimate of drug-likeness (QED) is 0.352. The van der Waals surface area contributed by atoms with E-state index in [1.54, 1.807) is 0 Å². The van der Waals surface area contributed by atoms with Crippen LogP contribution in [0.4, 0.5) is 0 Å². The molecular formula is C17H30. The van der Waals surface area contributed by atoms with Crippen LogP contribution in [-0.2, 0) is 0 Å². The molecule has 0 N–H and O–H groups in total. The van der Waals surface area contributed by atoms with E-state index < -0.39 is 0 Å². The lowest BCUT2D eigenvalue weighted by Crippen LogP contribution is -2.13. The molecule has 17 heavy (non-hydrogen) atoms. The standard InChI is InChI=1S/C17H30/c1-5-7-8-9-10-11-12-13-15-14-16(15)17(3,4)6-2/h5,12-13,15-16H,1,6-11,14H2,2-4H3. The van der Waals surface area contributed by atoms with Crippen LogP contribution in [0.5, 0.6) is 0 Å². The maximum Gasteiger partial charge on any atom is -0.0197 e. The molecule has 0 aromatic heterocycles. The predicted octanol–water partition coefficient (Wildman–Crippen LogP) is 5.75. The van der Waals surface area contributed by atoms with Gasteiger partial charge in [0.2, 0.25) is 0 Å². The molecule has 0 bridgehead atoms. The summed E-state index contributed by atoms with van der Waals surface area (Å²) in [5.41, 5.74) is 0.555. The molecule has 0 nitrogen and oxygen atoms in total. The first-order chi connectivity index (χ1) is 8.11. The maximum absolute atomic E-state index is 3.75. The lowest BCUT2D eigenvalue weighted by Gasteiger charge is -2.22. The van der Waals surface area contributed by atoms with E-state index in [1.807, 2.05) is 6.08 Å². The van der Waals surface area contributed by atoms with Crippen LogP contribution in [0, 0.1) is 17.3 Å². The van der Waals surface area contributed by atoms with Crippen LogP contribution >= 0.6 is 0 Å². The summed E-state index contributed by atoms with van der Waals surface area (Å²) in [4.78, 5) is 0. The van der Waals surface area contributed by atoms with Gasteiger partial charge in [-0.3, -0.25) is 0 Å². The SMILES string of the molecule is C=CCCCCCC=CC1CC1C(C)(C)CC.